The predicted molar refractivity (Wildman–Crippen MR) is 175 cm³/mol. The molecule has 0 bridgehead atoms. The van der Waals surface area contributed by atoms with Crippen LogP contribution in [0.1, 0.15) is 69.8 Å². The van der Waals surface area contributed by atoms with Crippen LogP contribution in [0.5, 0.6) is 0 Å². The zero-order valence-corrected chi connectivity index (χ0v) is 27.0. The highest BCUT2D eigenvalue weighted by Crippen LogP contribution is 2.38. The second kappa shape index (κ2) is 14.3. The van der Waals surface area contributed by atoms with Crippen molar-refractivity contribution in [2.45, 2.75) is 80.7 Å². The van der Waals surface area contributed by atoms with Crippen molar-refractivity contribution in [3.63, 3.8) is 0 Å². The molecule has 6 rings (SSSR count). The molecule has 45 heavy (non-hydrogen) atoms. The quantitative estimate of drug-likeness (QED) is 0.247. The molecular formula is C36H46FN3O4S. The van der Waals surface area contributed by atoms with Crippen LogP contribution in [0.2, 0.25) is 0 Å². The Morgan fingerprint density at radius 2 is 1.62 bits per heavy atom. The van der Waals surface area contributed by atoms with Crippen LogP contribution in [-0.4, -0.2) is 80.3 Å². The minimum absolute atomic E-state index is 0.0965. The standard InChI is InChI=1S/C36H46FN3O4S/c37-31-13-8-12-30(28-31)36(44-27-26-38-21-5-6-22-38)19-24-39(25-20-36)35(41)18-9-15-32-14-3-4-23-40(32)45(42,43)34-17-7-11-29-10-1-2-16-33(29)34/h1-2,7-8,10-13,16-17,28,32H,3-6,9,14-15,18-27H2. The summed E-state index contributed by atoms with van der Waals surface area (Å²) in [6.07, 6.45) is 8.06. The molecule has 0 aliphatic carbocycles. The average Bonchev–Trinajstić information content (AvgIpc) is 3.58. The van der Waals surface area contributed by atoms with Gasteiger partial charge in [-0.1, -0.05) is 55.0 Å². The Balaban J connectivity index is 1.05. The van der Waals surface area contributed by atoms with E-state index in [0.717, 1.165) is 55.2 Å². The number of carbonyl (C=O) groups is 1. The third-order valence-electron chi connectivity index (χ3n) is 10.1. The molecule has 0 saturated carbocycles. The number of amides is 1. The van der Waals surface area contributed by atoms with Crippen LogP contribution in [0.4, 0.5) is 4.39 Å². The number of carbonyl (C=O) groups excluding carboxylic acids is 1. The fourth-order valence-corrected chi connectivity index (χ4v) is 9.49. The lowest BCUT2D eigenvalue weighted by Crippen LogP contribution is -2.47. The van der Waals surface area contributed by atoms with Gasteiger partial charge < -0.3 is 14.5 Å². The first-order valence-electron chi connectivity index (χ1n) is 16.8. The zero-order chi connectivity index (χ0) is 31.3. The second-order valence-corrected chi connectivity index (χ2v) is 14.8. The van der Waals surface area contributed by atoms with Crippen LogP contribution in [-0.2, 0) is 25.2 Å². The molecule has 0 N–H and O–H groups in total. The first-order chi connectivity index (χ1) is 21.9. The molecule has 0 spiro atoms. The maximum absolute atomic E-state index is 14.3. The largest absolute Gasteiger partial charge is 0.369 e. The van der Waals surface area contributed by atoms with Crippen molar-refractivity contribution in [1.82, 2.24) is 14.1 Å². The molecular weight excluding hydrogens is 589 g/mol. The number of hydrogen-bond donors (Lipinski definition) is 0. The van der Waals surface area contributed by atoms with Gasteiger partial charge in [0.25, 0.3) is 0 Å². The van der Waals surface area contributed by atoms with Crippen LogP contribution >= 0.6 is 0 Å². The van der Waals surface area contributed by atoms with Crippen molar-refractivity contribution in [1.29, 1.82) is 0 Å². The molecule has 3 heterocycles. The summed E-state index contributed by atoms with van der Waals surface area (Å²) in [6, 6.07) is 19.7. The van der Waals surface area contributed by atoms with E-state index in [1.165, 1.54) is 18.9 Å². The Labute approximate surface area is 267 Å². The van der Waals surface area contributed by atoms with Crippen LogP contribution < -0.4 is 0 Å². The molecule has 1 amide bonds. The van der Waals surface area contributed by atoms with Crippen molar-refractivity contribution >= 4 is 26.7 Å². The fourth-order valence-electron chi connectivity index (χ4n) is 7.55. The third kappa shape index (κ3) is 7.27. The van der Waals surface area contributed by atoms with Gasteiger partial charge in [0.05, 0.1) is 17.1 Å². The molecule has 242 valence electrons. The van der Waals surface area contributed by atoms with E-state index in [2.05, 4.69) is 4.90 Å². The van der Waals surface area contributed by atoms with Crippen LogP contribution in [0.15, 0.2) is 71.6 Å². The van der Waals surface area contributed by atoms with E-state index in [1.54, 1.807) is 22.5 Å². The molecule has 0 radical (unpaired) electrons. The summed E-state index contributed by atoms with van der Waals surface area (Å²) >= 11 is 0. The lowest BCUT2D eigenvalue weighted by atomic mass is 9.83. The van der Waals surface area contributed by atoms with Crippen molar-refractivity contribution in [3.8, 4) is 0 Å². The summed E-state index contributed by atoms with van der Waals surface area (Å²) < 4.78 is 50.3. The predicted octanol–water partition coefficient (Wildman–Crippen LogP) is 6.32. The van der Waals surface area contributed by atoms with E-state index in [4.69, 9.17) is 4.74 Å². The molecule has 3 aliphatic rings. The van der Waals surface area contributed by atoms with Crippen LogP contribution in [0.25, 0.3) is 10.8 Å². The van der Waals surface area contributed by atoms with Gasteiger partial charge in [0, 0.05) is 44.0 Å². The average molecular weight is 636 g/mol. The normalized spacial score (nSPS) is 21.4. The summed E-state index contributed by atoms with van der Waals surface area (Å²) in [7, 11) is -3.67. The lowest BCUT2D eigenvalue weighted by molar-refractivity contribution is -0.140. The number of sulfonamides is 1. The number of hydrogen-bond acceptors (Lipinski definition) is 5. The van der Waals surface area contributed by atoms with E-state index in [0.29, 0.717) is 63.2 Å². The van der Waals surface area contributed by atoms with Crippen molar-refractivity contribution in [3.05, 3.63) is 78.1 Å². The van der Waals surface area contributed by atoms with Gasteiger partial charge in [-0.15, -0.1) is 0 Å². The summed E-state index contributed by atoms with van der Waals surface area (Å²) in [5.41, 5.74) is 0.248. The molecule has 1 atom stereocenters. The van der Waals surface area contributed by atoms with Gasteiger partial charge in [-0.3, -0.25) is 4.79 Å². The SMILES string of the molecule is O=C(CCCC1CCCCN1S(=O)(=O)c1cccc2ccccc12)N1CCC(OCCN2CCCC2)(c2cccc(F)c2)CC1. The Hall–Kier alpha value is -2.85. The highest BCUT2D eigenvalue weighted by molar-refractivity contribution is 7.89. The van der Waals surface area contributed by atoms with Gasteiger partial charge in [0.15, 0.2) is 0 Å². The van der Waals surface area contributed by atoms with Crippen LogP contribution in [0, 0.1) is 5.82 Å². The highest BCUT2D eigenvalue weighted by atomic mass is 32.2. The maximum Gasteiger partial charge on any atom is 0.243 e. The monoisotopic (exact) mass is 635 g/mol. The number of piperidine rings is 2. The van der Waals surface area contributed by atoms with Gasteiger partial charge in [0.1, 0.15) is 5.82 Å². The first kappa shape index (κ1) is 32.1. The summed E-state index contributed by atoms with van der Waals surface area (Å²) in [6.45, 7) is 5.29. The summed E-state index contributed by atoms with van der Waals surface area (Å²) in [4.78, 5) is 18.0. The molecule has 0 aromatic heterocycles. The van der Waals surface area contributed by atoms with Crippen molar-refractivity contribution in [2.24, 2.45) is 0 Å². The molecule has 1 unspecified atom stereocenters. The van der Waals surface area contributed by atoms with Gasteiger partial charge >= 0.3 is 0 Å². The Morgan fingerprint density at radius 3 is 2.42 bits per heavy atom. The fraction of sp³-hybridized carbons (Fsp3) is 0.528. The van der Waals surface area contributed by atoms with E-state index in [-0.39, 0.29) is 17.8 Å². The number of ether oxygens (including phenoxy) is 1. The van der Waals surface area contributed by atoms with Crippen molar-refractivity contribution in [2.75, 3.05) is 45.9 Å². The topological polar surface area (TPSA) is 70.2 Å². The van der Waals surface area contributed by atoms with E-state index in [1.807, 2.05) is 47.4 Å². The molecule has 3 aromatic rings. The molecule has 3 saturated heterocycles. The second-order valence-electron chi connectivity index (χ2n) is 12.9. The Bertz CT molecular complexity index is 1560. The smallest absolute Gasteiger partial charge is 0.243 e. The van der Waals surface area contributed by atoms with Gasteiger partial charge in [-0.05, 0) is 93.6 Å². The van der Waals surface area contributed by atoms with Gasteiger partial charge in [-0.25, -0.2) is 12.8 Å². The minimum Gasteiger partial charge on any atom is -0.369 e. The lowest BCUT2D eigenvalue weighted by Gasteiger charge is -2.42. The maximum atomic E-state index is 14.3. The number of nitrogens with zero attached hydrogens (tertiary/aromatic N) is 3. The number of rotatable bonds is 11. The summed E-state index contributed by atoms with van der Waals surface area (Å²) in [5.74, 6) is -0.174. The molecule has 3 aliphatic heterocycles. The molecule has 9 heteroatoms. The van der Waals surface area contributed by atoms with E-state index >= 15 is 0 Å². The van der Waals surface area contributed by atoms with E-state index in [9.17, 15) is 17.6 Å². The van der Waals surface area contributed by atoms with Gasteiger partial charge in [-0.2, -0.15) is 4.31 Å². The summed E-state index contributed by atoms with van der Waals surface area (Å²) in [5, 5.41) is 1.66. The Kier molecular flexibility index (Phi) is 10.2. The molecule has 3 aromatic carbocycles. The number of benzene rings is 3. The molecule has 3 fully saturated rings. The molecule has 7 nitrogen and oxygen atoms in total. The number of fused-ring (bicyclic) bond motifs is 1. The van der Waals surface area contributed by atoms with Crippen LogP contribution in [0.3, 0.4) is 0 Å². The number of likely N-dealkylation sites (tertiary alicyclic amines) is 2. The first-order valence-corrected chi connectivity index (χ1v) is 18.2. The Morgan fingerprint density at radius 1 is 0.889 bits per heavy atom. The highest BCUT2D eigenvalue weighted by Gasteiger charge is 2.39. The van der Waals surface area contributed by atoms with Gasteiger partial charge in [0.2, 0.25) is 15.9 Å². The number of halogens is 1. The minimum atomic E-state index is -3.67. The van der Waals surface area contributed by atoms with E-state index < -0.39 is 15.6 Å². The third-order valence-corrected chi connectivity index (χ3v) is 12.1. The zero-order valence-electron chi connectivity index (χ0n) is 26.2. The van der Waals surface area contributed by atoms with Crippen molar-refractivity contribution < 1.29 is 22.3 Å².